The van der Waals surface area contributed by atoms with Crippen LogP contribution in [0, 0.1) is 23.3 Å². The number of nitrogens with one attached hydrogen (secondary N) is 4. The second-order valence-electron chi connectivity index (χ2n) is 27.2. The standard InChI is InChI=1S/C37H52N4O6S4.C14H17NO2S.C12H24N2O4S.C11H11NS2/c1-35(2,38-5)27-36(3,33(43)39-22-15-25-49-31(42)29-17-10-8-11-18-29)28-37(4,50-32(48)30-19-12-9-13-20-30)34(44)40-21-14-23-41(6,7)24-16-26-51(45,46)47;1-11(2)13(16)15-9-6-10-18-14(17)12-7-4-3-5-8-12;1-11(2)12(15)13-7-5-8-14(3,4)9-6-10-19(16,17)18;1-11(2,8-12)14-10(13)9-6-4-3-5-7-9/h8-13,17-20H,14-16,21-28H2,1-4,6-7H3,(H2-,39,40,43,44,45,46,47);3-5,7-8H,1,6,9-10H2,2H3,(H,15,16);1,5-10H2,2-4H3,(H-,13,15,16,17,18);3-7H,1-2H3. The maximum atomic E-state index is 14.1. The number of nitriles is 1. The Morgan fingerprint density at radius 2 is 0.843 bits per heavy atom. The number of benzene rings is 4. The van der Waals surface area contributed by atoms with Gasteiger partial charge in [0.1, 0.15) is 4.75 Å². The molecule has 0 radical (unpaired) electrons. The predicted octanol–water partition coefficient (Wildman–Crippen LogP) is 12.1. The molecule has 4 aromatic carbocycles. The quantitative estimate of drug-likeness (QED) is 0.00809. The largest absolute Gasteiger partial charge is 0.748 e. The predicted molar refractivity (Wildman–Crippen MR) is 426 cm³/mol. The second kappa shape index (κ2) is 46.7. The number of amides is 4. The van der Waals surface area contributed by atoms with E-state index in [1.54, 1.807) is 65.8 Å². The zero-order valence-electron chi connectivity index (χ0n) is 61.1. The van der Waals surface area contributed by atoms with Gasteiger partial charge in [-0.15, -0.1) is 0 Å². The molecule has 4 N–H and O–H groups in total. The van der Waals surface area contributed by atoms with E-state index in [0.717, 1.165) is 34.7 Å². The lowest BCUT2D eigenvalue weighted by Crippen LogP contribution is -2.52. The minimum absolute atomic E-state index is 0.0315. The molecule has 102 heavy (non-hydrogen) atoms. The first kappa shape index (κ1) is 93.9. The van der Waals surface area contributed by atoms with E-state index < -0.39 is 46.4 Å². The highest BCUT2D eigenvalue weighted by Gasteiger charge is 2.50. The van der Waals surface area contributed by atoms with Crippen LogP contribution in [0.15, 0.2) is 146 Å². The van der Waals surface area contributed by atoms with Crippen molar-refractivity contribution >= 4 is 134 Å². The Hall–Kier alpha value is -6.12. The van der Waals surface area contributed by atoms with Gasteiger partial charge in [0.2, 0.25) is 39.4 Å². The summed E-state index contributed by atoms with van der Waals surface area (Å²) in [6.07, 6.45) is 3.62. The lowest BCUT2D eigenvalue weighted by Gasteiger charge is -2.38. The van der Waals surface area contributed by atoms with Crippen molar-refractivity contribution in [1.29, 1.82) is 5.26 Å². The Kier molecular flexibility index (Phi) is 42.9. The molecular weight excluding hydrogens is 1450 g/mol. The summed E-state index contributed by atoms with van der Waals surface area (Å²) in [6, 6.07) is 39.6. The van der Waals surface area contributed by atoms with E-state index in [9.17, 15) is 54.7 Å². The average molecular weight is 1550 g/mol. The fourth-order valence-electron chi connectivity index (χ4n) is 9.73. The molecule has 4 amide bonds. The molecule has 2 atom stereocenters. The fraction of sp³-hybridized carbons (Fsp3) is 0.486. The second-order valence-corrected chi connectivity index (χ2v) is 36.9. The summed E-state index contributed by atoms with van der Waals surface area (Å²) in [7, 11) is -0.562. The summed E-state index contributed by atoms with van der Waals surface area (Å²) in [4.78, 5) is 78.6. The molecule has 0 bridgehead atoms. The van der Waals surface area contributed by atoms with Crippen LogP contribution < -0.4 is 21.3 Å². The van der Waals surface area contributed by atoms with Crippen molar-refractivity contribution in [3.05, 3.63) is 179 Å². The van der Waals surface area contributed by atoms with E-state index in [0.29, 0.717) is 112 Å². The molecule has 0 aliphatic carbocycles. The Balaban J connectivity index is 0.000000821. The molecule has 4 aromatic rings. The van der Waals surface area contributed by atoms with Gasteiger partial charge in [-0.05, 0) is 65.0 Å². The fourth-order valence-corrected chi connectivity index (χ4v) is 15.7. The van der Waals surface area contributed by atoms with E-state index in [4.69, 9.17) is 36.3 Å². The number of rotatable bonds is 38. The van der Waals surface area contributed by atoms with Gasteiger partial charge >= 0.3 is 0 Å². The highest BCUT2D eigenvalue weighted by molar-refractivity contribution is 8.25. The summed E-state index contributed by atoms with van der Waals surface area (Å²) in [6.45, 7) is 33.5. The van der Waals surface area contributed by atoms with Crippen molar-refractivity contribution in [2.45, 2.75) is 122 Å². The van der Waals surface area contributed by atoms with Crippen LogP contribution in [0.5, 0.6) is 0 Å². The molecule has 0 fully saturated rings. The number of carbonyl (C=O) groups excluding carboxylic acids is 6. The van der Waals surface area contributed by atoms with Gasteiger partial charge in [-0.25, -0.2) is 23.4 Å². The minimum atomic E-state index is -4.27. The third-order valence-corrected chi connectivity index (χ3v) is 21.8. The van der Waals surface area contributed by atoms with Crippen LogP contribution in [0.25, 0.3) is 4.85 Å². The molecule has 0 aliphatic rings. The van der Waals surface area contributed by atoms with Gasteiger partial charge in [0.15, 0.2) is 0 Å². The minimum Gasteiger partial charge on any atom is -0.748 e. The number of thioether (sulfide) groups is 4. The summed E-state index contributed by atoms with van der Waals surface area (Å²) in [5, 5.41) is 20.5. The molecule has 20 nitrogen and oxygen atoms in total. The third kappa shape index (κ3) is 42.6. The first-order valence-corrected chi connectivity index (χ1v) is 40.7. The van der Waals surface area contributed by atoms with Crippen molar-refractivity contribution in [2.24, 2.45) is 5.41 Å². The molecule has 4 rings (SSSR count). The Morgan fingerprint density at radius 1 is 0.520 bits per heavy atom. The van der Waals surface area contributed by atoms with Gasteiger partial charge in [-0.2, -0.15) is 5.26 Å². The Bertz CT molecular complexity index is 3700. The van der Waals surface area contributed by atoms with Crippen LogP contribution in [0.4, 0.5) is 0 Å². The number of nitrogens with zero attached hydrogens (tertiary/aromatic N) is 4. The Morgan fingerprint density at radius 3 is 1.20 bits per heavy atom. The summed E-state index contributed by atoms with van der Waals surface area (Å²) < 4.78 is 65.3. The number of hydrogen-bond donors (Lipinski definition) is 4. The number of carbonyl (C=O) groups is 6. The van der Waals surface area contributed by atoms with Crippen LogP contribution in [-0.4, -0.2) is 196 Å². The van der Waals surface area contributed by atoms with E-state index in [2.05, 4.69) is 45.3 Å². The first-order chi connectivity index (χ1) is 47.4. The van der Waals surface area contributed by atoms with Gasteiger partial charge in [0.05, 0.1) is 99.2 Å². The topological polar surface area (TPSA) is 293 Å². The van der Waals surface area contributed by atoms with Gasteiger partial charge in [-0.3, -0.25) is 28.8 Å². The molecule has 0 aromatic heterocycles. The lowest BCUT2D eigenvalue weighted by molar-refractivity contribution is -0.890. The van der Waals surface area contributed by atoms with E-state index in [1.165, 1.54) is 47.0 Å². The molecule has 0 heterocycles. The van der Waals surface area contributed by atoms with E-state index in [1.807, 2.05) is 139 Å². The van der Waals surface area contributed by atoms with Crippen LogP contribution in [0.3, 0.4) is 0 Å². The molecular formula is C74H104N8O12S8. The smallest absolute Gasteiger partial charge is 0.246 e. The molecule has 0 saturated heterocycles. The highest BCUT2D eigenvalue weighted by Crippen LogP contribution is 2.45. The van der Waals surface area contributed by atoms with Crippen molar-refractivity contribution in [1.82, 2.24) is 21.3 Å². The third-order valence-electron chi connectivity index (χ3n) is 15.1. The molecule has 28 heteroatoms. The van der Waals surface area contributed by atoms with Gasteiger partial charge in [0.25, 0.3) is 0 Å². The highest BCUT2D eigenvalue weighted by atomic mass is 32.2. The van der Waals surface area contributed by atoms with Crippen LogP contribution >= 0.6 is 71.5 Å². The van der Waals surface area contributed by atoms with E-state index in [-0.39, 0.29) is 58.9 Å². The van der Waals surface area contributed by atoms with Crippen molar-refractivity contribution in [3.63, 3.8) is 0 Å². The SMILES string of the molecule is C=C(C)C(=O)NCCCSC(=O)c1ccccc1.C=C(C)C(=O)NCCC[N+](C)(C)CCCS(=O)(=O)[O-].CC(C)(C#N)SC(=S)c1ccccc1.[C-]#[N+]C(C)(C)CC(C)(CC(C)(SC(=S)c1ccccc1)C(=O)NCCC[N+](C)(C)CCCS(=O)(=O)[O-])C(=O)NCCCSC(=O)c1ccccc1. The molecule has 0 saturated carbocycles. The van der Waals surface area contributed by atoms with Gasteiger partial charge in [0, 0.05) is 117 Å². The number of quaternary nitrogens is 2. The van der Waals surface area contributed by atoms with Crippen LogP contribution in [0.2, 0.25) is 0 Å². The maximum absolute atomic E-state index is 14.1. The molecule has 2 unspecified atom stereocenters. The van der Waals surface area contributed by atoms with Gasteiger partial charge < -0.3 is 44.2 Å². The number of hydrogen-bond acceptors (Lipinski definition) is 19. The molecule has 0 aliphatic heterocycles. The first-order valence-electron chi connectivity index (χ1n) is 33.2. The summed E-state index contributed by atoms with van der Waals surface area (Å²) in [5.41, 5.74) is 2.10. The zero-order chi connectivity index (χ0) is 77.4. The van der Waals surface area contributed by atoms with Crippen molar-refractivity contribution in [2.75, 3.05) is 104 Å². The molecule has 0 spiro atoms. The van der Waals surface area contributed by atoms with E-state index >= 15 is 0 Å². The van der Waals surface area contributed by atoms with Crippen LogP contribution in [-0.2, 0) is 39.4 Å². The summed E-state index contributed by atoms with van der Waals surface area (Å²) >= 11 is 16.2. The monoisotopic (exact) mass is 1550 g/mol. The summed E-state index contributed by atoms with van der Waals surface area (Å²) in [5.74, 6) is -0.353. The number of thiocarbonyl (C=S) groups is 2. The maximum Gasteiger partial charge on any atom is 0.246 e. The van der Waals surface area contributed by atoms with Crippen molar-refractivity contribution < 1.29 is 63.7 Å². The van der Waals surface area contributed by atoms with Crippen molar-refractivity contribution in [3.8, 4) is 6.07 Å². The van der Waals surface area contributed by atoms with Crippen LogP contribution in [0.1, 0.15) is 139 Å². The normalized spacial score (nSPS) is 12.7. The lowest BCUT2D eigenvalue weighted by atomic mass is 9.72. The zero-order valence-corrected chi connectivity index (χ0v) is 67.6. The molecule has 560 valence electrons. The Labute approximate surface area is 635 Å². The van der Waals surface area contributed by atoms with Gasteiger partial charge in [-0.1, -0.05) is 213 Å². The average Bonchev–Trinajstić information content (AvgIpc) is 0.783.